The molecule has 0 fully saturated rings. The quantitative estimate of drug-likeness (QED) is 0.824. The van der Waals surface area contributed by atoms with Gasteiger partial charge in [0, 0.05) is 12.8 Å². The molecule has 5 rings (SSSR count). The molecule has 6 heteroatoms. The lowest BCUT2D eigenvalue weighted by molar-refractivity contribution is -0.956. The predicted molar refractivity (Wildman–Crippen MR) is 98.7 cm³/mol. The van der Waals surface area contributed by atoms with Crippen LogP contribution in [0.3, 0.4) is 0 Å². The Kier molecular flexibility index (Phi) is 3.49. The van der Waals surface area contributed by atoms with Gasteiger partial charge in [-0.2, -0.15) is 0 Å². The van der Waals surface area contributed by atoms with Crippen LogP contribution in [-0.2, 0) is 19.4 Å². The third-order valence-electron chi connectivity index (χ3n) is 6.42. The summed E-state index contributed by atoms with van der Waals surface area (Å²) in [7, 11) is 5.63. The van der Waals surface area contributed by atoms with Gasteiger partial charge >= 0.3 is 0 Å². The van der Waals surface area contributed by atoms with Gasteiger partial charge in [0.2, 0.25) is 12.5 Å². The molecular formula is C21H24NO5+. The molecule has 0 saturated heterocycles. The number of rotatable bonds is 2. The van der Waals surface area contributed by atoms with Crippen molar-refractivity contribution in [2.45, 2.75) is 25.4 Å². The molecule has 0 radical (unpaired) electrons. The number of hydrogen-bond donors (Lipinski definition) is 1. The highest BCUT2D eigenvalue weighted by Crippen LogP contribution is 2.54. The molecule has 0 aliphatic carbocycles. The van der Waals surface area contributed by atoms with E-state index in [1.807, 2.05) is 12.1 Å². The minimum Gasteiger partial charge on any atom is -0.504 e. The highest BCUT2D eigenvalue weighted by atomic mass is 16.7. The van der Waals surface area contributed by atoms with Gasteiger partial charge in [-0.3, -0.25) is 0 Å². The number of ether oxygens (including phenoxy) is 4. The lowest BCUT2D eigenvalue weighted by atomic mass is 9.81. The Morgan fingerprint density at radius 3 is 2.78 bits per heavy atom. The molecular weight excluding hydrogens is 346 g/mol. The molecule has 1 unspecified atom stereocenters. The van der Waals surface area contributed by atoms with Crippen LogP contribution in [0.5, 0.6) is 28.7 Å². The van der Waals surface area contributed by atoms with Crippen molar-refractivity contribution in [3.8, 4) is 28.7 Å². The van der Waals surface area contributed by atoms with Crippen molar-refractivity contribution < 1.29 is 28.5 Å². The third kappa shape index (κ3) is 2.22. The zero-order valence-corrected chi connectivity index (χ0v) is 15.9. The van der Waals surface area contributed by atoms with Crippen LogP contribution in [0.1, 0.15) is 28.3 Å². The van der Waals surface area contributed by atoms with Gasteiger partial charge in [0.25, 0.3) is 0 Å². The number of methoxy groups -OCH3 is 2. The summed E-state index contributed by atoms with van der Waals surface area (Å²) in [6.45, 7) is 2.01. The minimum absolute atomic E-state index is 0.169. The van der Waals surface area contributed by atoms with Gasteiger partial charge in [-0.15, -0.1) is 0 Å². The fourth-order valence-corrected chi connectivity index (χ4v) is 4.99. The second-order valence-electron chi connectivity index (χ2n) is 7.80. The number of phenols is 1. The molecule has 0 bridgehead atoms. The van der Waals surface area contributed by atoms with Crippen LogP contribution in [0.4, 0.5) is 0 Å². The predicted octanol–water partition coefficient (Wildman–Crippen LogP) is 2.94. The van der Waals surface area contributed by atoms with Crippen molar-refractivity contribution >= 4 is 0 Å². The second-order valence-corrected chi connectivity index (χ2v) is 7.80. The number of fused-ring (bicyclic) bond motifs is 5. The summed E-state index contributed by atoms with van der Waals surface area (Å²) in [5.74, 6) is 2.99. The fraction of sp³-hybridized carbons (Fsp3) is 0.429. The molecule has 3 aliphatic heterocycles. The molecule has 2 aromatic carbocycles. The highest BCUT2D eigenvalue weighted by Gasteiger charge is 2.47. The standard InChI is InChI=1S/C21H23NO5/c1-22-7-6-13-9-17-21(27-11-26-17)19(23)18(13)15(22)8-12-4-5-16(24-2)20(25-3)14(12)10-22/h4-5,9,15H,6-8,10-11H2,1-3H3/p+1/t15-,22?/m0/s1. The van der Waals surface area contributed by atoms with E-state index in [1.54, 1.807) is 14.2 Å². The zero-order chi connectivity index (χ0) is 18.8. The maximum absolute atomic E-state index is 11.0. The molecule has 3 heterocycles. The van der Waals surface area contributed by atoms with Crippen molar-refractivity contribution in [1.29, 1.82) is 0 Å². The Hall–Kier alpha value is -2.60. The van der Waals surface area contributed by atoms with Gasteiger partial charge in [-0.25, -0.2) is 0 Å². The average molecular weight is 370 g/mol. The van der Waals surface area contributed by atoms with Crippen molar-refractivity contribution in [3.05, 3.63) is 40.5 Å². The summed E-state index contributed by atoms with van der Waals surface area (Å²) in [5.41, 5.74) is 4.63. The molecule has 2 atom stereocenters. The van der Waals surface area contributed by atoms with E-state index in [0.717, 1.165) is 47.5 Å². The van der Waals surface area contributed by atoms with Gasteiger partial charge in [0.05, 0.1) is 38.9 Å². The first kappa shape index (κ1) is 16.6. The first-order valence-electron chi connectivity index (χ1n) is 9.27. The Balaban J connectivity index is 1.66. The van der Waals surface area contributed by atoms with Crippen LogP contribution in [-0.4, -0.2) is 44.2 Å². The Labute approximate surface area is 158 Å². The summed E-state index contributed by atoms with van der Waals surface area (Å²) in [4.78, 5) is 0. The first-order valence-corrected chi connectivity index (χ1v) is 9.27. The maximum Gasteiger partial charge on any atom is 0.231 e. The van der Waals surface area contributed by atoms with Crippen molar-refractivity contribution in [3.63, 3.8) is 0 Å². The molecule has 0 aromatic heterocycles. The van der Waals surface area contributed by atoms with Crippen molar-refractivity contribution in [2.75, 3.05) is 34.6 Å². The molecule has 27 heavy (non-hydrogen) atoms. The maximum atomic E-state index is 11.0. The van der Waals surface area contributed by atoms with Gasteiger partial charge in [0.1, 0.15) is 12.6 Å². The van der Waals surface area contributed by atoms with E-state index in [0.29, 0.717) is 11.5 Å². The van der Waals surface area contributed by atoms with Gasteiger partial charge in [-0.05, 0) is 23.3 Å². The van der Waals surface area contributed by atoms with E-state index < -0.39 is 0 Å². The molecule has 2 aromatic rings. The number of quaternary nitrogens is 1. The summed E-state index contributed by atoms with van der Waals surface area (Å²) >= 11 is 0. The average Bonchev–Trinajstić information content (AvgIpc) is 3.14. The second kappa shape index (κ2) is 5.70. The van der Waals surface area contributed by atoms with Crippen LogP contribution in [0.2, 0.25) is 0 Å². The summed E-state index contributed by atoms with van der Waals surface area (Å²) in [6.07, 6.45) is 1.74. The van der Waals surface area contributed by atoms with Crippen LogP contribution in [0.25, 0.3) is 0 Å². The van der Waals surface area contributed by atoms with E-state index in [1.165, 1.54) is 16.7 Å². The minimum atomic E-state index is 0.169. The normalized spacial score (nSPS) is 24.6. The molecule has 0 amide bonds. The SMILES string of the molecule is COc1ccc2c(c1OC)C[N+]1(C)CCc3cc4c(c(O)c3[C@@H]1C2)OCO4. The topological polar surface area (TPSA) is 57.2 Å². The largest absolute Gasteiger partial charge is 0.504 e. The Morgan fingerprint density at radius 1 is 1.15 bits per heavy atom. The molecule has 142 valence electrons. The van der Waals surface area contributed by atoms with E-state index >= 15 is 0 Å². The van der Waals surface area contributed by atoms with Crippen LogP contribution < -0.4 is 18.9 Å². The number of benzene rings is 2. The molecule has 3 aliphatic rings. The van der Waals surface area contributed by atoms with E-state index in [9.17, 15) is 5.11 Å². The number of aromatic hydroxyl groups is 1. The van der Waals surface area contributed by atoms with E-state index in [2.05, 4.69) is 13.1 Å². The fourth-order valence-electron chi connectivity index (χ4n) is 4.99. The lowest BCUT2D eigenvalue weighted by Crippen LogP contribution is -2.53. The van der Waals surface area contributed by atoms with Crippen LogP contribution >= 0.6 is 0 Å². The number of phenolic OH excluding ortho intramolecular Hbond substituents is 1. The molecule has 0 saturated carbocycles. The number of likely N-dealkylation sites (N-methyl/N-ethyl adjacent to an activating group) is 1. The molecule has 1 N–H and O–H groups in total. The summed E-state index contributed by atoms with van der Waals surface area (Å²) in [6, 6.07) is 6.31. The van der Waals surface area contributed by atoms with Gasteiger partial charge in [0.15, 0.2) is 23.0 Å². The molecule has 0 spiro atoms. The van der Waals surface area contributed by atoms with Gasteiger partial charge < -0.3 is 28.5 Å². The number of nitrogens with zero attached hydrogens (tertiary/aromatic N) is 1. The third-order valence-corrected chi connectivity index (χ3v) is 6.42. The lowest BCUT2D eigenvalue weighted by Gasteiger charge is -2.49. The first-order chi connectivity index (χ1) is 13.1. The van der Waals surface area contributed by atoms with Crippen molar-refractivity contribution in [1.82, 2.24) is 0 Å². The van der Waals surface area contributed by atoms with Crippen LogP contribution in [0.15, 0.2) is 18.2 Å². The zero-order valence-electron chi connectivity index (χ0n) is 15.9. The van der Waals surface area contributed by atoms with E-state index in [4.69, 9.17) is 18.9 Å². The monoisotopic (exact) mass is 370 g/mol. The Bertz CT molecular complexity index is 941. The van der Waals surface area contributed by atoms with E-state index in [-0.39, 0.29) is 18.6 Å². The summed E-state index contributed by atoms with van der Waals surface area (Å²) in [5, 5.41) is 11.0. The van der Waals surface area contributed by atoms with Crippen molar-refractivity contribution in [2.24, 2.45) is 0 Å². The highest BCUT2D eigenvalue weighted by molar-refractivity contribution is 5.61. The Morgan fingerprint density at radius 2 is 2.00 bits per heavy atom. The smallest absolute Gasteiger partial charge is 0.231 e. The number of hydrogen-bond acceptors (Lipinski definition) is 5. The van der Waals surface area contributed by atoms with Gasteiger partial charge in [-0.1, -0.05) is 6.07 Å². The molecule has 6 nitrogen and oxygen atoms in total. The summed E-state index contributed by atoms with van der Waals surface area (Å²) < 4.78 is 23.0. The van der Waals surface area contributed by atoms with Crippen LogP contribution in [0, 0.1) is 0 Å².